The third-order valence-corrected chi connectivity index (χ3v) is 9.27. The quantitative estimate of drug-likeness (QED) is 0.586. The number of ether oxygens (including phenoxy) is 2. The fourth-order valence-electron chi connectivity index (χ4n) is 7.40. The summed E-state index contributed by atoms with van der Waals surface area (Å²) in [5.41, 5.74) is 1.80. The molecule has 2 amide bonds. The fraction of sp³-hybridized carbons (Fsp3) is 0.586. The Labute approximate surface area is 232 Å². The molecule has 0 spiro atoms. The zero-order valence-corrected chi connectivity index (χ0v) is 22.6. The van der Waals surface area contributed by atoms with Gasteiger partial charge in [-0.15, -0.1) is 0 Å². The molecule has 11 heteroatoms. The van der Waals surface area contributed by atoms with Crippen LogP contribution in [0.5, 0.6) is 6.01 Å². The molecule has 5 aliphatic heterocycles. The molecule has 2 unspecified atom stereocenters. The van der Waals surface area contributed by atoms with Crippen LogP contribution in [0.2, 0.25) is 0 Å². The van der Waals surface area contributed by atoms with Crippen LogP contribution in [0.25, 0.3) is 0 Å². The smallest absolute Gasteiger partial charge is 0.410 e. The van der Waals surface area contributed by atoms with Gasteiger partial charge in [0.05, 0.1) is 17.6 Å². The number of piperazine rings is 1. The van der Waals surface area contributed by atoms with E-state index < -0.39 is 6.17 Å². The van der Waals surface area contributed by atoms with Gasteiger partial charge in [0.25, 0.3) is 5.91 Å². The summed E-state index contributed by atoms with van der Waals surface area (Å²) in [6.07, 6.45) is 3.65. The molecule has 2 aromatic rings. The topological polar surface area (TPSA) is 100 Å². The summed E-state index contributed by atoms with van der Waals surface area (Å²) in [6, 6.07) is 9.85. The van der Waals surface area contributed by atoms with E-state index in [2.05, 4.69) is 20.1 Å². The summed E-state index contributed by atoms with van der Waals surface area (Å²) in [5, 5.41) is 2.88. The van der Waals surface area contributed by atoms with Gasteiger partial charge >= 0.3 is 12.1 Å². The van der Waals surface area contributed by atoms with Crippen LogP contribution in [-0.4, -0.2) is 94.9 Å². The third-order valence-electron chi connectivity index (χ3n) is 9.27. The van der Waals surface area contributed by atoms with Crippen LogP contribution in [-0.2, 0) is 17.8 Å². The monoisotopic (exact) mass is 550 g/mol. The molecule has 1 aromatic carbocycles. The minimum absolute atomic E-state index is 0.000312. The predicted octanol–water partition coefficient (Wildman–Crippen LogP) is 2.71. The van der Waals surface area contributed by atoms with Crippen molar-refractivity contribution in [2.24, 2.45) is 0 Å². The zero-order valence-electron chi connectivity index (χ0n) is 22.6. The Morgan fingerprint density at radius 1 is 1.12 bits per heavy atom. The molecule has 2 bridgehead atoms. The van der Waals surface area contributed by atoms with Crippen molar-refractivity contribution in [2.45, 2.75) is 68.9 Å². The summed E-state index contributed by atoms with van der Waals surface area (Å²) in [4.78, 5) is 41.5. The Balaban J connectivity index is 1.10. The second-order valence-electron chi connectivity index (χ2n) is 11.8. The lowest BCUT2D eigenvalue weighted by Gasteiger charge is -2.41. The average Bonchev–Trinajstić information content (AvgIpc) is 3.58. The van der Waals surface area contributed by atoms with E-state index in [1.165, 1.54) is 0 Å². The van der Waals surface area contributed by atoms with Crippen LogP contribution in [0.4, 0.5) is 15.0 Å². The van der Waals surface area contributed by atoms with E-state index in [9.17, 15) is 14.0 Å². The summed E-state index contributed by atoms with van der Waals surface area (Å²) in [6.45, 7) is 3.60. The van der Waals surface area contributed by atoms with Crippen LogP contribution in [0.3, 0.4) is 0 Å². The molecule has 0 saturated carbocycles. The Morgan fingerprint density at radius 2 is 1.93 bits per heavy atom. The minimum Gasteiger partial charge on any atom is -0.461 e. The van der Waals surface area contributed by atoms with Gasteiger partial charge in [0.1, 0.15) is 30.9 Å². The Morgan fingerprint density at radius 3 is 2.73 bits per heavy atom. The number of anilines is 1. The number of fused-ring (bicyclic) bond motifs is 4. The fourth-order valence-corrected chi connectivity index (χ4v) is 7.40. The second-order valence-corrected chi connectivity index (χ2v) is 11.8. The number of aromatic nitrogens is 2. The molecule has 0 aliphatic carbocycles. The van der Waals surface area contributed by atoms with Crippen molar-refractivity contribution in [1.29, 1.82) is 0 Å². The maximum absolute atomic E-state index is 14.3. The predicted molar refractivity (Wildman–Crippen MR) is 144 cm³/mol. The SMILES string of the molecule is O=C1NCCc2c1nc(OC[C@@]13CCCN1C[C@H](F)C3)nc2N1CC2CCC(C1)N2C(=O)OCc1ccccc1. The zero-order chi connectivity index (χ0) is 27.3. The molecular weight excluding hydrogens is 515 g/mol. The number of hydrogen-bond acceptors (Lipinski definition) is 8. The van der Waals surface area contributed by atoms with Crippen LogP contribution in [0.15, 0.2) is 30.3 Å². The molecular formula is C29H35FN6O4. The normalized spacial score (nSPS) is 29.2. The van der Waals surface area contributed by atoms with E-state index in [1.807, 2.05) is 35.2 Å². The summed E-state index contributed by atoms with van der Waals surface area (Å²) in [7, 11) is 0. The van der Waals surface area contributed by atoms with E-state index in [0.717, 1.165) is 43.4 Å². The van der Waals surface area contributed by atoms with E-state index in [-0.39, 0.29) is 42.2 Å². The number of benzene rings is 1. The third kappa shape index (κ3) is 4.53. The first kappa shape index (κ1) is 25.5. The summed E-state index contributed by atoms with van der Waals surface area (Å²) >= 11 is 0. The van der Waals surface area contributed by atoms with Crippen LogP contribution < -0.4 is 15.0 Å². The molecule has 1 N–H and O–H groups in total. The van der Waals surface area contributed by atoms with Crippen LogP contribution in [0, 0.1) is 0 Å². The Hall–Kier alpha value is -3.47. The van der Waals surface area contributed by atoms with Gasteiger partial charge in [0.2, 0.25) is 0 Å². The van der Waals surface area contributed by atoms with Gasteiger partial charge in [-0.05, 0) is 44.2 Å². The molecule has 7 rings (SSSR count). The summed E-state index contributed by atoms with van der Waals surface area (Å²) < 4.78 is 26.1. The first-order valence-corrected chi connectivity index (χ1v) is 14.4. The lowest BCUT2D eigenvalue weighted by molar-refractivity contribution is 0.0732. The highest BCUT2D eigenvalue weighted by Gasteiger charge is 2.50. The molecule has 4 saturated heterocycles. The number of carbonyl (C=O) groups excluding carboxylic acids is 2. The van der Waals surface area contributed by atoms with Gasteiger partial charge in [0, 0.05) is 38.2 Å². The standard InChI is InChI=1S/C29H35FN6O4/c30-20-13-29(10-4-12-35(29)14-20)18-40-27-32-24-23(9-11-31-26(24)37)25(33-27)34-15-21-7-8-22(16-34)36(21)28(38)39-17-19-5-2-1-3-6-19/h1-3,5-6,20-22H,4,7-18H2,(H,31,37)/t20-,21?,22?,29+/m1/s1. The van der Waals surface area contributed by atoms with E-state index in [1.54, 1.807) is 0 Å². The largest absolute Gasteiger partial charge is 0.461 e. The van der Waals surface area contributed by atoms with Gasteiger partial charge in [-0.25, -0.2) is 9.18 Å². The van der Waals surface area contributed by atoms with E-state index in [0.29, 0.717) is 57.1 Å². The van der Waals surface area contributed by atoms with E-state index in [4.69, 9.17) is 14.5 Å². The molecule has 6 heterocycles. The van der Waals surface area contributed by atoms with Crippen molar-refractivity contribution in [3.8, 4) is 6.01 Å². The van der Waals surface area contributed by atoms with Gasteiger partial charge in [-0.1, -0.05) is 30.3 Å². The lowest BCUT2D eigenvalue weighted by atomic mass is 9.95. The maximum Gasteiger partial charge on any atom is 0.410 e. The van der Waals surface area contributed by atoms with Crippen molar-refractivity contribution in [1.82, 2.24) is 25.1 Å². The number of halogens is 1. The van der Waals surface area contributed by atoms with Crippen molar-refractivity contribution < 1.29 is 23.5 Å². The molecule has 4 fully saturated rings. The average molecular weight is 551 g/mol. The Kier molecular flexibility index (Phi) is 6.48. The number of amides is 2. The molecule has 4 atom stereocenters. The van der Waals surface area contributed by atoms with Crippen molar-refractivity contribution >= 4 is 17.8 Å². The molecule has 10 nitrogen and oxygen atoms in total. The highest BCUT2D eigenvalue weighted by Crippen LogP contribution is 2.41. The summed E-state index contributed by atoms with van der Waals surface area (Å²) in [5.74, 6) is 0.478. The van der Waals surface area contributed by atoms with Crippen molar-refractivity contribution in [3.05, 3.63) is 47.2 Å². The number of nitrogens with zero attached hydrogens (tertiary/aromatic N) is 5. The number of nitrogens with one attached hydrogen (secondary N) is 1. The Bertz CT molecular complexity index is 1280. The minimum atomic E-state index is -0.846. The number of carbonyl (C=O) groups is 2. The van der Waals surface area contributed by atoms with Crippen LogP contribution >= 0.6 is 0 Å². The second kappa shape index (κ2) is 10.2. The lowest BCUT2D eigenvalue weighted by Crippen LogP contribution is -2.56. The first-order valence-electron chi connectivity index (χ1n) is 14.4. The highest BCUT2D eigenvalue weighted by atomic mass is 19.1. The highest BCUT2D eigenvalue weighted by molar-refractivity contribution is 5.96. The van der Waals surface area contributed by atoms with Crippen LogP contribution in [0.1, 0.15) is 53.7 Å². The van der Waals surface area contributed by atoms with E-state index >= 15 is 0 Å². The molecule has 5 aliphatic rings. The van der Waals surface area contributed by atoms with Gasteiger partial charge in [-0.3, -0.25) is 14.6 Å². The van der Waals surface area contributed by atoms with Gasteiger partial charge < -0.3 is 19.7 Å². The number of alkyl halides is 1. The number of hydrogen-bond donors (Lipinski definition) is 1. The molecule has 0 radical (unpaired) electrons. The molecule has 212 valence electrons. The van der Waals surface area contributed by atoms with Crippen molar-refractivity contribution in [2.75, 3.05) is 44.2 Å². The number of rotatable bonds is 6. The van der Waals surface area contributed by atoms with Gasteiger partial charge in [-0.2, -0.15) is 9.97 Å². The first-order chi connectivity index (χ1) is 19.5. The van der Waals surface area contributed by atoms with Crippen molar-refractivity contribution in [3.63, 3.8) is 0 Å². The maximum atomic E-state index is 14.3. The molecule has 1 aromatic heterocycles. The van der Waals surface area contributed by atoms with Gasteiger partial charge in [0.15, 0.2) is 0 Å². The molecule has 40 heavy (non-hydrogen) atoms.